The molecule has 0 aliphatic rings. The van der Waals surface area contributed by atoms with Gasteiger partial charge in [-0.05, 0) is 77.7 Å². The van der Waals surface area contributed by atoms with Gasteiger partial charge in [-0.2, -0.15) is 0 Å². The standard InChI is InChI=1S/C30H34N6O3/c1-5-7-27(29-32-33-34-36(29)17-22-11-13-24(38-4)14-12-22)35(19-25-8-6-15-39-25)18-23-16-26-20(2)9-10-21(3)28(26)31-30(23)37/h6,8-16,27H,5,7,17-19H2,1-4H3,(H,31,37)/t27-/m1/s1. The molecule has 3 heterocycles. The van der Waals surface area contributed by atoms with Gasteiger partial charge in [0.2, 0.25) is 0 Å². The Morgan fingerprint density at radius 3 is 2.59 bits per heavy atom. The number of aromatic nitrogens is 5. The number of hydrogen-bond acceptors (Lipinski definition) is 7. The van der Waals surface area contributed by atoms with Crippen LogP contribution >= 0.6 is 0 Å². The summed E-state index contributed by atoms with van der Waals surface area (Å²) in [5.41, 5.74) is 4.73. The summed E-state index contributed by atoms with van der Waals surface area (Å²) < 4.78 is 12.9. The summed E-state index contributed by atoms with van der Waals surface area (Å²) in [5.74, 6) is 2.37. The lowest BCUT2D eigenvalue weighted by atomic mass is 10.0. The van der Waals surface area contributed by atoms with Crippen LogP contribution in [0.25, 0.3) is 10.9 Å². The number of benzene rings is 2. The highest BCUT2D eigenvalue weighted by atomic mass is 16.5. The first-order valence-corrected chi connectivity index (χ1v) is 13.2. The number of aromatic amines is 1. The quantitative estimate of drug-likeness (QED) is 0.248. The molecule has 9 heteroatoms. The summed E-state index contributed by atoms with van der Waals surface area (Å²) >= 11 is 0. The molecule has 1 atom stereocenters. The van der Waals surface area contributed by atoms with Gasteiger partial charge in [0.15, 0.2) is 5.82 Å². The van der Waals surface area contributed by atoms with Crippen molar-refractivity contribution in [1.82, 2.24) is 30.1 Å². The predicted molar refractivity (Wildman–Crippen MR) is 150 cm³/mol. The maximum absolute atomic E-state index is 13.3. The first kappa shape index (κ1) is 26.4. The molecule has 202 valence electrons. The third-order valence-electron chi connectivity index (χ3n) is 7.18. The average Bonchev–Trinajstić information content (AvgIpc) is 3.63. The molecule has 0 radical (unpaired) electrons. The number of ether oxygens (including phenoxy) is 1. The van der Waals surface area contributed by atoms with Gasteiger partial charge in [-0.15, -0.1) is 5.10 Å². The topological polar surface area (TPSA) is 102 Å². The molecule has 1 N–H and O–H groups in total. The molecule has 0 saturated carbocycles. The van der Waals surface area contributed by atoms with Crippen LogP contribution in [0.5, 0.6) is 5.75 Å². The number of hydrogen-bond donors (Lipinski definition) is 1. The molecule has 0 amide bonds. The molecule has 3 aromatic heterocycles. The van der Waals surface area contributed by atoms with Crippen molar-refractivity contribution in [2.75, 3.05) is 7.11 Å². The molecule has 0 spiro atoms. The third-order valence-corrected chi connectivity index (χ3v) is 7.18. The zero-order valence-corrected chi connectivity index (χ0v) is 22.8. The smallest absolute Gasteiger partial charge is 0.252 e. The Morgan fingerprint density at radius 1 is 1.08 bits per heavy atom. The van der Waals surface area contributed by atoms with Gasteiger partial charge >= 0.3 is 0 Å². The van der Waals surface area contributed by atoms with Crippen molar-refractivity contribution >= 4 is 10.9 Å². The summed E-state index contributed by atoms with van der Waals surface area (Å²) in [6.45, 7) is 7.68. The number of H-pyrrole nitrogens is 1. The SMILES string of the molecule is CCC[C@H](c1nnnn1Cc1ccc(OC)cc1)N(Cc1ccco1)Cc1cc2c(C)ccc(C)c2[nH]c1=O. The van der Waals surface area contributed by atoms with Gasteiger partial charge in [0.05, 0.1) is 38.0 Å². The first-order chi connectivity index (χ1) is 19.0. The molecular weight excluding hydrogens is 492 g/mol. The molecule has 0 aliphatic heterocycles. The summed E-state index contributed by atoms with van der Waals surface area (Å²) in [7, 11) is 1.65. The van der Waals surface area contributed by atoms with Gasteiger partial charge in [0.25, 0.3) is 5.56 Å². The Hall–Kier alpha value is -4.24. The monoisotopic (exact) mass is 526 g/mol. The highest BCUT2D eigenvalue weighted by Gasteiger charge is 2.27. The van der Waals surface area contributed by atoms with Crippen molar-refractivity contribution in [2.24, 2.45) is 0 Å². The van der Waals surface area contributed by atoms with E-state index in [4.69, 9.17) is 9.15 Å². The van der Waals surface area contributed by atoms with E-state index in [0.717, 1.165) is 57.8 Å². The van der Waals surface area contributed by atoms with Crippen LogP contribution in [-0.4, -0.2) is 37.2 Å². The Labute approximate surface area is 227 Å². The van der Waals surface area contributed by atoms with Crippen LogP contribution in [0.2, 0.25) is 0 Å². The van der Waals surface area contributed by atoms with Gasteiger partial charge in [-0.3, -0.25) is 9.69 Å². The van der Waals surface area contributed by atoms with Crippen LogP contribution in [0.1, 0.15) is 59.6 Å². The number of nitrogens with zero attached hydrogens (tertiary/aromatic N) is 5. The fourth-order valence-corrected chi connectivity index (χ4v) is 5.05. The predicted octanol–water partition coefficient (Wildman–Crippen LogP) is 5.32. The molecule has 0 unspecified atom stereocenters. The van der Waals surface area contributed by atoms with E-state index in [9.17, 15) is 4.79 Å². The fourth-order valence-electron chi connectivity index (χ4n) is 5.05. The Balaban J connectivity index is 1.52. The Bertz CT molecular complexity index is 1590. The number of pyridine rings is 1. The van der Waals surface area contributed by atoms with Crippen LogP contribution in [0.4, 0.5) is 0 Å². The number of fused-ring (bicyclic) bond motifs is 1. The van der Waals surface area contributed by atoms with Gasteiger partial charge < -0.3 is 14.1 Å². The van der Waals surface area contributed by atoms with Gasteiger partial charge in [-0.1, -0.05) is 37.6 Å². The van der Waals surface area contributed by atoms with E-state index in [2.05, 4.69) is 45.3 Å². The van der Waals surface area contributed by atoms with Crippen LogP contribution in [0.3, 0.4) is 0 Å². The highest BCUT2D eigenvalue weighted by molar-refractivity contribution is 5.85. The molecule has 39 heavy (non-hydrogen) atoms. The lowest BCUT2D eigenvalue weighted by Gasteiger charge is -2.30. The fraction of sp³-hybridized carbons (Fsp3) is 0.333. The molecule has 0 aliphatic carbocycles. The van der Waals surface area contributed by atoms with E-state index in [0.29, 0.717) is 25.2 Å². The largest absolute Gasteiger partial charge is 0.497 e. The van der Waals surface area contributed by atoms with Crippen LogP contribution in [0.15, 0.2) is 70.1 Å². The number of aryl methyl sites for hydroxylation is 2. The zero-order valence-electron chi connectivity index (χ0n) is 22.8. The molecule has 5 aromatic rings. The van der Waals surface area contributed by atoms with E-state index in [1.807, 2.05) is 60.1 Å². The van der Waals surface area contributed by atoms with E-state index < -0.39 is 0 Å². The Morgan fingerprint density at radius 2 is 1.87 bits per heavy atom. The zero-order chi connectivity index (χ0) is 27.4. The second-order valence-corrected chi connectivity index (χ2v) is 9.94. The average molecular weight is 527 g/mol. The maximum Gasteiger partial charge on any atom is 0.252 e. The summed E-state index contributed by atoms with van der Waals surface area (Å²) in [6.07, 6.45) is 3.40. The minimum atomic E-state index is -0.137. The number of rotatable bonds is 11. The molecule has 0 fully saturated rings. The van der Waals surface area contributed by atoms with Gasteiger partial charge in [0.1, 0.15) is 11.5 Å². The number of methoxy groups -OCH3 is 1. The van der Waals surface area contributed by atoms with Crippen molar-refractivity contribution in [2.45, 2.75) is 59.3 Å². The van der Waals surface area contributed by atoms with E-state index >= 15 is 0 Å². The third kappa shape index (κ3) is 5.78. The molecular formula is C30H34N6O3. The minimum Gasteiger partial charge on any atom is -0.497 e. The molecule has 5 rings (SSSR count). The van der Waals surface area contributed by atoms with Crippen LogP contribution in [-0.2, 0) is 19.6 Å². The summed E-state index contributed by atoms with van der Waals surface area (Å²) in [5, 5.41) is 13.9. The highest BCUT2D eigenvalue weighted by Crippen LogP contribution is 2.29. The molecule has 2 aromatic carbocycles. The normalized spacial score (nSPS) is 12.3. The van der Waals surface area contributed by atoms with Gasteiger partial charge in [-0.25, -0.2) is 4.68 Å². The molecule has 9 nitrogen and oxygen atoms in total. The molecule has 0 saturated heterocycles. The number of furan rings is 1. The number of nitrogens with one attached hydrogen (secondary N) is 1. The van der Waals surface area contributed by atoms with Crippen LogP contribution in [0, 0.1) is 13.8 Å². The van der Waals surface area contributed by atoms with Crippen molar-refractivity contribution in [1.29, 1.82) is 0 Å². The Kier molecular flexibility index (Phi) is 7.88. The lowest BCUT2D eigenvalue weighted by molar-refractivity contribution is 0.144. The minimum absolute atomic E-state index is 0.0891. The number of tetrazole rings is 1. The van der Waals surface area contributed by atoms with E-state index in [1.54, 1.807) is 13.4 Å². The maximum atomic E-state index is 13.3. The van der Waals surface area contributed by atoms with Crippen molar-refractivity contribution in [3.8, 4) is 5.75 Å². The second-order valence-electron chi connectivity index (χ2n) is 9.94. The summed E-state index contributed by atoms with van der Waals surface area (Å²) in [6, 6.07) is 17.7. The van der Waals surface area contributed by atoms with E-state index in [1.165, 1.54) is 0 Å². The van der Waals surface area contributed by atoms with Crippen molar-refractivity contribution in [3.63, 3.8) is 0 Å². The lowest BCUT2D eigenvalue weighted by Crippen LogP contribution is -2.32. The molecule has 0 bridgehead atoms. The van der Waals surface area contributed by atoms with Crippen LogP contribution < -0.4 is 10.3 Å². The van der Waals surface area contributed by atoms with E-state index in [-0.39, 0.29) is 11.6 Å². The summed E-state index contributed by atoms with van der Waals surface area (Å²) in [4.78, 5) is 18.7. The first-order valence-electron chi connectivity index (χ1n) is 13.2. The second kappa shape index (κ2) is 11.7. The van der Waals surface area contributed by atoms with Gasteiger partial charge in [0, 0.05) is 17.5 Å². The van der Waals surface area contributed by atoms with Crippen molar-refractivity contribution in [3.05, 3.63) is 105 Å². The van der Waals surface area contributed by atoms with Crippen molar-refractivity contribution < 1.29 is 9.15 Å².